The summed E-state index contributed by atoms with van der Waals surface area (Å²) in [6.45, 7) is 5.62. The smallest absolute Gasteiger partial charge is 0.222 e. The molecule has 0 amide bonds. The second-order valence-corrected chi connectivity index (χ2v) is 2.62. The number of rotatable bonds is 4. The van der Waals surface area contributed by atoms with Crippen LogP contribution in [0.2, 0.25) is 0 Å². The largest absolute Gasteiger partial charge is 0.353 e. The van der Waals surface area contributed by atoms with Gasteiger partial charge in [-0.2, -0.15) is 0 Å². The van der Waals surface area contributed by atoms with Gasteiger partial charge in [-0.05, 0) is 13.3 Å². The van der Waals surface area contributed by atoms with Gasteiger partial charge in [0.15, 0.2) is 0 Å². The quantitative estimate of drug-likeness (QED) is 0.505. The van der Waals surface area contributed by atoms with Crippen molar-refractivity contribution in [2.75, 3.05) is 0 Å². The van der Waals surface area contributed by atoms with Crippen molar-refractivity contribution < 1.29 is 10.2 Å². The first kappa shape index (κ1) is 9.88. The van der Waals surface area contributed by atoms with Crippen LogP contribution in [0.25, 0.3) is 0 Å². The van der Waals surface area contributed by atoms with Gasteiger partial charge in [-0.3, -0.25) is 5.32 Å². The minimum atomic E-state index is -1.69. The van der Waals surface area contributed by atoms with Crippen LogP contribution in [-0.2, 0) is 0 Å². The highest BCUT2D eigenvalue weighted by molar-refractivity contribution is 4.64. The summed E-state index contributed by atoms with van der Waals surface area (Å²) < 4.78 is 0. The Morgan fingerprint density at radius 3 is 2.20 bits per heavy atom. The van der Waals surface area contributed by atoms with Crippen LogP contribution in [0.1, 0.15) is 33.6 Å². The molecule has 3 N–H and O–H groups in total. The SMILES string of the molecule is CCC(C)NC(O)(O)CC. The number of hydrogen-bond acceptors (Lipinski definition) is 3. The monoisotopic (exact) mass is 147 g/mol. The molecule has 1 unspecified atom stereocenters. The molecule has 0 fully saturated rings. The molecule has 3 heteroatoms. The standard InChI is InChI=1S/C7H17NO2/c1-4-6(3)8-7(9,10)5-2/h6,8-10H,4-5H2,1-3H3. The normalized spacial score (nSPS) is 15.3. The van der Waals surface area contributed by atoms with Crippen molar-refractivity contribution in [2.45, 2.75) is 45.6 Å². The lowest BCUT2D eigenvalue weighted by Crippen LogP contribution is -2.48. The zero-order chi connectivity index (χ0) is 8.20. The minimum Gasteiger partial charge on any atom is -0.353 e. The van der Waals surface area contributed by atoms with E-state index in [0.29, 0.717) is 6.42 Å². The molecule has 0 radical (unpaired) electrons. The number of aliphatic hydroxyl groups is 2. The Morgan fingerprint density at radius 1 is 1.40 bits per heavy atom. The molecule has 0 aliphatic rings. The molecule has 0 saturated heterocycles. The number of hydrogen-bond donors (Lipinski definition) is 3. The highest BCUT2D eigenvalue weighted by atomic mass is 16.5. The van der Waals surface area contributed by atoms with Gasteiger partial charge in [-0.15, -0.1) is 0 Å². The average molecular weight is 147 g/mol. The first-order valence-electron chi connectivity index (χ1n) is 3.74. The highest BCUT2D eigenvalue weighted by Crippen LogP contribution is 2.02. The van der Waals surface area contributed by atoms with Crippen molar-refractivity contribution in [1.82, 2.24) is 5.32 Å². The number of nitrogens with one attached hydrogen (secondary N) is 1. The molecule has 0 spiro atoms. The molecule has 0 saturated carbocycles. The van der Waals surface area contributed by atoms with Crippen LogP contribution < -0.4 is 5.32 Å². The molecule has 0 rings (SSSR count). The Labute approximate surface area is 62.1 Å². The minimum absolute atomic E-state index is 0.148. The second-order valence-electron chi connectivity index (χ2n) is 2.62. The molecular weight excluding hydrogens is 130 g/mol. The van der Waals surface area contributed by atoms with E-state index in [-0.39, 0.29) is 6.04 Å². The Balaban J connectivity index is 3.64. The summed E-state index contributed by atoms with van der Waals surface area (Å²) >= 11 is 0. The van der Waals surface area contributed by atoms with E-state index in [1.807, 2.05) is 13.8 Å². The lowest BCUT2D eigenvalue weighted by molar-refractivity contribution is -0.192. The molecule has 0 aliphatic heterocycles. The summed E-state index contributed by atoms with van der Waals surface area (Å²) in [7, 11) is 0. The molecule has 0 aromatic rings. The maximum Gasteiger partial charge on any atom is 0.222 e. The van der Waals surface area contributed by atoms with E-state index in [0.717, 1.165) is 6.42 Å². The Bertz CT molecular complexity index is 93.6. The Morgan fingerprint density at radius 2 is 1.90 bits per heavy atom. The summed E-state index contributed by atoms with van der Waals surface area (Å²) in [5.74, 6) is -1.69. The predicted octanol–water partition coefficient (Wildman–Crippen LogP) is 0.423. The van der Waals surface area contributed by atoms with Crippen LogP contribution in [0.15, 0.2) is 0 Å². The van der Waals surface area contributed by atoms with Crippen molar-refractivity contribution in [3.8, 4) is 0 Å². The summed E-state index contributed by atoms with van der Waals surface area (Å²) in [6.07, 6.45) is 1.19. The molecule has 3 nitrogen and oxygen atoms in total. The lowest BCUT2D eigenvalue weighted by Gasteiger charge is -2.24. The van der Waals surface area contributed by atoms with Crippen molar-refractivity contribution >= 4 is 0 Å². The third kappa shape index (κ3) is 3.82. The first-order valence-corrected chi connectivity index (χ1v) is 3.74. The average Bonchev–Trinajstić information content (AvgIpc) is 1.87. The summed E-state index contributed by atoms with van der Waals surface area (Å²) in [5.41, 5.74) is 0. The predicted molar refractivity (Wildman–Crippen MR) is 40.3 cm³/mol. The van der Waals surface area contributed by atoms with Crippen LogP contribution in [0.3, 0.4) is 0 Å². The Kier molecular flexibility index (Phi) is 3.86. The van der Waals surface area contributed by atoms with Crippen molar-refractivity contribution in [1.29, 1.82) is 0 Å². The zero-order valence-electron chi connectivity index (χ0n) is 6.89. The van der Waals surface area contributed by atoms with Crippen LogP contribution in [0, 0.1) is 0 Å². The maximum absolute atomic E-state index is 9.07. The molecule has 0 heterocycles. The van der Waals surface area contributed by atoms with E-state index in [1.54, 1.807) is 6.92 Å². The van der Waals surface area contributed by atoms with Crippen LogP contribution in [0.5, 0.6) is 0 Å². The molecule has 0 aromatic carbocycles. The molecule has 1 atom stereocenters. The van der Waals surface area contributed by atoms with Gasteiger partial charge < -0.3 is 10.2 Å². The summed E-state index contributed by atoms with van der Waals surface area (Å²) in [6, 6.07) is 0.148. The van der Waals surface area contributed by atoms with Gasteiger partial charge in [0.05, 0.1) is 0 Å². The first-order chi connectivity index (χ1) is 4.52. The second kappa shape index (κ2) is 3.91. The third-order valence-corrected chi connectivity index (χ3v) is 1.58. The fraction of sp³-hybridized carbons (Fsp3) is 1.00. The molecule has 0 bridgehead atoms. The van der Waals surface area contributed by atoms with Gasteiger partial charge in [0.25, 0.3) is 0 Å². The summed E-state index contributed by atoms with van der Waals surface area (Å²) in [4.78, 5) is 0. The van der Waals surface area contributed by atoms with Crippen molar-refractivity contribution in [3.63, 3.8) is 0 Å². The van der Waals surface area contributed by atoms with Crippen LogP contribution in [-0.4, -0.2) is 22.2 Å². The lowest BCUT2D eigenvalue weighted by atomic mass is 10.2. The van der Waals surface area contributed by atoms with Crippen molar-refractivity contribution in [2.24, 2.45) is 0 Å². The van der Waals surface area contributed by atoms with Gasteiger partial charge >= 0.3 is 0 Å². The topological polar surface area (TPSA) is 52.5 Å². The van der Waals surface area contributed by atoms with Gasteiger partial charge in [0.2, 0.25) is 5.91 Å². The van der Waals surface area contributed by atoms with Gasteiger partial charge in [-0.1, -0.05) is 13.8 Å². The highest BCUT2D eigenvalue weighted by Gasteiger charge is 2.20. The molecular formula is C7H17NO2. The molecule has 0 aromatic heterocycles. The Hall–Kier alpha value is -0.120. The van der Waals surface area contributed by atoms with E-state index in [1.165, 1.54) is 0 Å². The van der Waals surface area contributed by atoms with E-state index < -0.39 is 5.91 Å². The van der Waals surface area contributed by atoms with Crippen LogP contribution in [0.4, 0.5) is 0 Å². The molecule has 0 aliphatic carbocycles. The third-order valence-electron chi connectivity index (χ3n) is 1.58. The van der Waals surface area contributed by atoms with E-state index in [9.17, 15) is 0 Å². The van der Waals surface area contributed by atoms with Gasteiger partial charge in [0, 0.05) is 12.5 Å². The van der Waals surface area contributed by atoms with E-state index in [4.69, 9.17) is 10.2 Å². The summed E-state index contributed by atoms with van der Waals surface area (Å²) in [5, 5.41) is 20.8. The maximum atomic E-state index is 9.07. The molecule has 10 heavy (non-hydrogen) atoms. The molecule has 62 valence electrons. The zero-order valence-corrected chi connectivity index (χ0v) is 6.89. The fourth-order valence-corrected chi connectivity index (χ4v) is 0.599. The van der Waals surface area contributed by atoms with Gasteiger partial charge in [0.1, 0.15) is 0 Å². The van der Waals surface area contributed by atoms with Crippen LogP contribution >= 0.6 is 0 Å². The van der Waals surface area contributed by atoms with E-state index in [2.05, 4.69) is 5.32 Å². The van der Waals surface area contributed by atoms with Gasteiger partial charge in [-0.25, -0.2) is 0 Å². The van der Waals surface area contributed by atoms with E-state index >= 15 is 0 Å². The van der Waals surface area contributed by atoms with Crippen molar-refractivity contribution in [3.05, 3.63) is 0 Å². The fourth-order valence-electron chi connectivity index (χ4n) is 0.599.